The standard InChI is InChI=1S/C13H21NO3/c1-8-6-9(2)13(17-3)10(7-8)12(16)11(14)4-5-15/h6-7,11-12,15-16H,4-5,14H2,1-3H3. The van der Waals surface area contributed by atoms with E-state index in [9.17, 15) is 5.11 Å². The van der Waals surface area contributed by atoms with Crippen molar-refractivity contribution in [3.05, 3.63) is 28.8 Å². The molecule has 0 amide bonds. The second-order valence-electron chi connectivity index (χ2n) is 4.33. The molecule has 1 rings (SSSR count). The summed E-state index contributed by atoms with van der Waals surface area (Å²) in [6.45, 7) is 3.85. The molecule has 1 aromatic rings. The first-order chi connectivity index (χ1) is 8.01. The van der Waals surface area contributed by atoms with Crippen LogP contribution in [-0.4, -0.2) is 30.0 Å². The highest BCUT2D eigenvalue weighted by Crippen LogP contribution is 2.31. The maximum absolute atomic E-state index is 10.2. The lowest BCUT2D eigenvalue weighted by molar-refractivity contribution is 0.126. The number of rotatable bonds is 5. The van der Waals surface area contributed by atoms with E-state index in [4.69, 9.17) is 15.6 Å². The van der Waals surface area contributed by atoms with Gasteiger partial charge >= 0.3 is 0 Å². The van der Waals surface area contributed by atoms with Crippen LogP contribution in [0.5, 0.6) is 5.75 Å². The van der Waals surface area contributed by atoms with Gasteiger partial charge in [0, 0.05) is 18.2 Å². The smallest absolute Gasteiger partial charge is 0.127 e. The summed E-state index contributed by atoms with van der Waals surface area (Å²) < 4.78 is 5.30. The minimum atomic E-state index is -0.823. The summed E-state index contributed by atoms with van der Waals surface area (Å²) in [6, 6.07) is 3.37. The van der Waals surface area contributed by atoms with E-state index >= 15 is 0 Å². The third kappa shape index (κ3) is 3.19. The first-order valence-corrected chi connectivity index (χ1v) is 5.71. The second kappa shape index (κ2) is 6.00. The van der Waals surface area contributed by atoms with E-state index in [2.05, 4.69) is 0 Å². The number of nitrogens with two attached hydrogens (primary N) is 1. The van der Waals surface area contributed by atoms with E-state index in [0.717, 1.165) is 11.1 Å². The van der Waals surface area contributed by atoms with Gasteiger partial charge in [0.05, 0.1) is 13.2 Å². The molecule has 0 saturated heterocycles. The maximum atomic E-state index is 10.2. The van der Waals surface area contributed by atoms with Crippen LogP contribution in [0.3, 0.4) is 0 Å². The molecule has 0 aliphatic rings. The van der Waals surface area contributed by atoms with Crippen molar-refractivity contribution in [1.82, 2.24) is 0 Å². The summed E-state index contributed by atoms with van der Waals surface area (Å²) in [5.41, 5.74) is 8.52. The fourth-order valence-electron chi connectivity index (χ4n) is 2.02. The maximum Gasteiger partial charge on any atom is 0.127 e. The van der Waals surface area contributed by atoms with Gasteiger partial charge in [0.25, 0.3) is 0 Å². The summed E-state index contributed by atoms with van der Waals surface area (Å²) in [7, 11) is 1.57. The molecule has 0 saturated carbocycles. The molecule has 0 heterocycles. The lowest BCUT2D eigenvalue weighted by Crippen LogP contribution is -2.29. The van der Waals surface area contributed by atoms with Gasteiger partial charge in [-0.05, 0) is 31.9 Å². The lowest BCUT2D eigenvalue weighted by atomic mass is 9.96. The van der Waals surface area contributed by atoms with Crippen molar-refractivity contribution >= 4 is 0 Å². The summed E-state index contributed by atoms with van der Waals surface area (Å²) in [5.74, 6) is 0.663. The molecule has 4 nitrogen and oxygen atoms in total. The van der Waals surface area contributed by atoms with Gasteiger partial charge in [-0.3, -0.25) is 0 Å². The number of benzene rings is 1. The molecule has 0 spiro atoms. The Kier molecular flexibility index (Phi) is 4.93. The molecule has 0 bridgehead atoms. The van der Waals surface area contributed by atoms with E-state index in [-0.39, 0.29) is 6.61 Å². The molecule has 17 heavy (non-hydrogen) atoms. The Morgan fingerprint density at radius 2 is 2.00 bits per heavy atom. The normalized spacial score (nSPS) is 14.5. The molecule has 0 aromatic heterocycles. The number of aliphatic hydroxyl groups is 2. The number of methoxy groups -OCH3 is 1. The molecule has 0 aliphatic heterocycles. The van der Waals surface area contributed by atoms with Gasteiger partial charge in [0.2, 0.25) is 0 Å². The Bertz CT molecular complexity index is 379. The van der Waals surface area contributed by atoms with Gasteiger partial charge in [-0.15, -0.1) is 0 Å². The Morgan fingerprint density at radius 3 is 2.53 bits per heavy atom. The van der Waals surface area contributed by atoms with E-state index in [1.807, 2.05) is 26.0 Å². The zero-order chi connectivity index (χ0) is 13.0. The average molecular weight is 239 g/mol. The van der Waals surface area contributed by atoms with Gasteiger partial charge in [-0.2, -0.15) is 0 Å². The number of ether oxygens (including phenoxy) is 1. The van der Waals surface area contributed by atoms with Crippen LogP contribution in [0.15, 0.2) is 12.1 Å². The number of aryl methyl sites for hydroxylation is 2. The predicted octanol–water partition coefficient (Wildman–Crippen LogP) is 1.06. The fourth-order valence-corrected chi connectivity index (χ4v) is 2.02. The number of aliphatic hydroxyl groups excluding tert-OH is 2. The highest BCUT2D eigenvalue weighted by atomic mass is 16.5. The Hall–Kier alpha value is -1.10. The summed E-state index contributed by atoms with van der Waals surface area (Å²) in [4.78, 5) is 0. The minimum absolute atomic E-state index is 0.0364. The average Bonchev–Trinajstić information content (AvgIpc) is 2.27. The van der Waals surface area contributed by atoms with Gasteiger partial charge in [-0.25, -0.2) is 0 Å². The lowest BCUT2D eigenvalue weighted by Gasteiger charge is -2.22. The third-order valence-electron chi connectivity index (χ3n) is 2.84. The van der Waals surface area contributed by atoms with E-state index in [1.165, 1.54) is 0 Å². The molecule has 4 heteroatoms. The molecule has 0 aliphatic carbocycles. The van der Waals surface area contributed by atoms with Crippen LogP contribution in [0.1, 0.15) is 29.2 Å². The van der Waals surface area contributed by atoms with Crippen molar-refractivity contribution in [2.75, 3.05) is 13.7 Å². The van der Waals surface area contributed by atoms with Gasteiger partial charge in [0.15, 0.2) is 0 Å². The topological polar surface area (TPSA) is 75.7 Å². The van der Waals surface area contributed by atoms with E-state index in [0.29, 0.717) is 17.7 Å². The van der Waals surface area contributed by atoms with Crippen LogP contribution in [0.2, 0.25) is 0 Å². The molecular weight excluding hydrogens is 218 g/mol. The van der Waals surface area contributed by atoms with Crippen molar-refractivity contribution < 1.29 is 14.9 Å². The van der Waals surface area contributed by atoms with Gasteiger partial charge in [0.1, 0.15) is 5.75 Å². The fraction of sp³-hybridized carbons (Fsp3) is 0.538. The van der Waals surface area contributed by atoms with E-state index < -0.39 is 12.1 Å². The zero-order valence-corrected chi connectivity index (χ0v) is 10.6. The first-order valence-electron chi connectivity index (χ1n) is 5.71. The zero-order valence-electron chi connectivity index (χ0n) is 10.6. The van der Waals surface area contributed by atoms with Crippen molar-refractivity contribution in [1.29, 1.82) is 0 Å². The van der Waals surface area contributed by atoms with Crippen molar-refractivity contribution in [3.63, 3.8) is 0 Å². The SMILES string of the molecule is COc1c(C)cc(C)cc1C(O)C(N)CCO. The Morgan fingerprint density at radius 1 is 1.35 bits per heavy atom. The monoisotopic (exact) mass is 239 g/mol. The summed E-state index contributed by atoms with van der Waals surface area (Å²) in [6.07, 6.45) is -0.465. The molecule has 4 N–H and O–H groups in total. The first kappa shape index (κ1) is 14.0. The number of hydrogen-bond acceptors (Lipinski definition) is 4. The summed E-state index contributed by atoms with van der Waals surface area (Å²) >= 11 is 0. The van der Waals surface area contributed by atoms with Gasteiger partial charge in [-0.1, -0.05) is 11.6 Å². The van der Waals surface area contributed by atoms with Crippen molar-refractivity contribution in [2.24, 2.45) is 5.73 Å². The summed E-state index contributed by atoms with van der Waals surface area (Å²) in [5, 5.41) is 19.0. The molecule has 1 aromatic carbocycles. The second-order valence-corrected chi connectivity index (χ2v) is 4.33. The minimum Gasteiger partial charge on any atom is -0.496 e. The molecule has 2 atom stereocenters. The predicted molar refractivity (Wildman–Crippen MR) is 67.1 cm³/mol. The third-order valence-corrected chi connectivity index (χ3v) is 2.84. The molecule has 96 valence electrons. The Balaban J connectivity index is 3.11. The number of hydrogen-bond donors (Lipinski definition) is 3. The molecule has 2 unspecified atom stereocenters. The molecule has 0 fully saturated rings. The van der Waals surface area contributed by atoms with Crippen LogP contribution < -0.4 is 10.5 Å². The van der Waals surface area contributed by atoms with Gasteiger partial charge < -0.3 is 20.7 Å². The molecular formula is C13H21NO3. The largest absolute Gasteiger partial charge is 0.496 e. The highest BCUT2D eigenvalue weighted by molar-refractivity contribution is 5.45. The van der Waals surface area contributed by atoms with Crippen LogP contribution >= 0.6 is 0 Å². The Labute approximate surface area is 102 Å². The van der Waals surface area contributed by atoms with Crippen LogP contribution in [0, 0.1) is 13.8 Å². The van der Waals surface area contributed by atoms with Crippen molar-refractivity contribution in [2.45, 2.75) is 32.4 Å². The van der Waals surface area contributed by atoms with E-state index in [1.54, 1.807) is 7.11 Å². The highest BCUT2D eigenvalue weighted by Gasteiger charge is 2.21. The molecule has 0 radical (unpaired) electrons. The van der Waals surface area contributed by atoms with Crippen LogP contribution in [-0.2, 0) is 0 Å². The van der Waals surface area contributed by atoms with Crippen LogP contribution in [0.4, 0.5) is 0 Å². The quantitative estimate of drug-likeness (QED) is 0.718. The van der Waals surface area contributed by atoms with Crippen LogP contribution in [0.25, 0.3) is 0 Å². The van der Waals surface area contributed by atoms with Crippen molar-refractivity contribution in [3.8, 4) is 5.75 Å².